The predicted octanol–water partition coefficient (Wildman–Crippen LogP) is 2.60. The first-order chi connectivity index (χ1) is 12.2. The average molecular weight is 557 g/mol. The van der Waals surface area contributed by atoms with E-state index in [4.69, 9.17) is 0 Å². The Kier molecular flexibility index (Phi) is 9.14. The summed E-state index contributed by atoms with van der Waals surface area (Å²) in [5.74, 6) is -0.423. The molecule has 0 aromatic carbocycles. The van der Waals surface area contributed by atoms with Gasteiger partial charge in [0.1, 0.15) is 0 Å². The summed E-state index contributed by atoms with van der Waals surface area (Å²) in [6, 6.07) is 2.06. The van der Waals surface area contributed by atoms with Gasteiger partial charge >= 0.3 is 171 Å². The molecule has 0 saturated carbocycles. The van der Waals surface area contributed by atoms with Crippen LogP contribution in [-0.4, -0.2) is 69.9 Å². The molecule has 0 saturated heterocycles. The van der Waals surface area contributed by atoms with Gasteiger partial charge in [0.05, 0.1) is 0 Å². The molecule has 1 aromatic rings. The molecule has 2 atom stereocenters. The van der Waals surface area contributed by atoms with Crippen LogP contribution in [0.5, 0.6) is 0 Å². The molecule has 9 heteroatoms. The molecule has 0 bridgehead atoms. The van der Waals surface area contributed by atoms with Crippen molar-refractivity contribution >= 4 is 48.1 Å². The summed E-state index contributed by atoms with van der Waals surface area (Å²) < 4.78 is 45.9. The van der Waals surface area contributed by atoms with Crippen LogP contribution in [0, 0.1) is 0 Å². The van der Waals surface area contributed by atoms with E-state index in [0.717, 1.165) is 8.06 Å². The Labute approximate surface area is 170 Å². The standard InChI is InChI=1S/C15H21AsF3N2O2.3CH3.Sn/c1-9(2)16-11-5-6-20-7-10(11)13(22)21-8-12(17)15(3,4)23-14(18)19;;;;/h5,7,9,12,14,16H,8H2,1-4H3,(H,21,22);3*1H3;/t12-;;;;/m1..../s1. The molecule has 4 nitrogen and oxygen atoms in total. The van der Waals surface area contributed by atoms with Gasteiger partial charge < -0.3 is 0 Å². The number of rotatable bonds is 9. The number of carbonyl (C=O) groups is 1. The Morgan fingerprint density at radius 2 is 1.89 bits per heavy atom. The maximum atomic E-state index is 14.3. The third-order valence-corrected chi connectivity index (χ3v) is 11.8. The molecule has 0 aliphatic carbocycles. The number of ether oxygens (including phenoxy) is 1. The molecular formula is C18H30AsF3N2O2Sn. The van der Waals surface area contributed by atoms with Gasteiger partial charge in [0.2, 0.25) is 0 Å². The monoisotopic (exact) mass is 558 g/mol. The van der Waals surface area contributed by atoms with Crippen molar-refractivity contribution in [1.82, 2.24) is 10.3 Å². The average Bonchev–Trinajstić information content (AvgIpc) is 2.49. The second kappa shape index (κ2) is 9.97. The quantitative estimate of drug-likeness (QED) is 0.476. The summed E-state index contributed by atoms with van der Waals surface area (Å²) in [6.07, 6.45) is -0.180. The first kappa shape index (κ1) is 24.8. The van der Waals surface area contributed by atoms with Crippen molar-refractivity contribution in [1.29, 1.82) is 0 Å². The molecule has 1 amide bonds. The van der Waals surface area contributed by atoms with E-state index in [1.54, 1.807) is 6.20 Å². The van der Waals surface area contributed by atoms with Crippen LogP contribution in [0.4, 0.5) is 13.2 Å². The van der Waals surface area contributed by atoms with Crippen molar-refractivity contribution in [3.05, 3.63) is 17.8 Å². The Morgan fingerprint density at radius 1 is 1.30 bits per heavy atom. The number of hydrogen-bond acceptors (Lipinski definition) is 3. The number of nitrogens with one attached hydrogen (secondary N) is 1. The van der Waals surface area contributed by atoms with E-state index in [1.807, 2.05) is 0 Å². The number of hydrogen-bond donors (Lipinski definition) is 1. The first-order valence-corrected chi connectivity index (χ1v) is 21.1. The molecule has 1 heterocycles. The molecule has 0 spiro atoms. The second-order valence-corrected chi connectivity index (χ2v) is 26.8. The van der Waals surface area contributed by atoms with Crippen LogP contribution in [0.2, 0.25) is 19.5 Å². The van der Waals surface area contributed by atoms with Crippen molar-refractivity contribution in [2.75, 3.05) is 6.54 Å². The van der Waals surface area contributed by atoms with E-state index >= 15 is 0 Å². The van der Waals surface area contributed by atoms with E-state index in [-0.39, 0.29) is 0 Å². The molecular weight excluding hydrogens is 527 g/mol. The molecule has 154 valence electrons. The molecule has 27 heavy (non-hydrogen) atoms. The molecule has 1 N–H and O–H groups in total. The van der Waals surface area contributed by atoms with Crippen molar-refractivity contribution in [2.45, 2.75) is 65.6 Å². The Bertz CT molecular complexity index is 652. The number of nitrogens with zero attached hydrogens (tertiary/aromatic N) is 1. The van der Waals surface area contributed by atoms with Crippen molar-refractivity contribution in [3.63, 3.8) is 0 Å². The van der Waals surface area contributed by atoms with Crippen LogP contribution in [0.1, 0.15) is 38.1 Å². The van der Waals surface area contributed by atoms with Crippen LogP contribution in [0.15, 0.2) is 12.3 Å². The first-order valence-electron chi connectivity index (χ1n) is 8.89. The van der Waals surface area contributed by atoms with Gasteiger partial charge in [0.25, 0.3) is 0 Å². The van der Waals surface area contributed by atoms with Gasteiger partial charge in [0, 0.05) is 0 Å². The van der Waals surface area contributed by atoms with Crippen LogP contribution in [0.3, 0.4) is 0 Å². The summed E-state index contributed by atoms with van der Waals surface area (Å²) >= 11 is -2.93. The fourth-order valence-corrected chi connectivity index (χ4v) is 8.57. The van der Waals surface area contributed by atoms with E-state index < -0.39 is 65.0 Å². The summed E-state index contributed by atoms with van der Waals surface area (Å²) in [7, 11) is 0. The van der Waals surface area contributed by atoms with Crippen molar-refractivity contribution < 1.29 is 22.7 Å². The number of halogens is 3. The third kappa shape index (κ3) is 7.93. The van der Waals surface area contributed by atoms with E-state index in [1.165, 1.54) is 13.8 Å². The molecule has 0 aliphatic rings. The van der Waals surface area contributed by atoms with E-state index in [2.05, 4.69) is 49.8 Å². The normalized spacial score (nSPS) is 14.4. The minimum absolute atomic E-state index is 0.403. The van der Waals surface area contributed by atoms with E-state index in [0.29, 0.717) is 10.3 Å². The molecule has 1 unspecified atom stereocenters. The Balaban J connectivity index is 2.96. The zero-order valence-electron chi connectivity index (χ0n) is 17.0. The fraction of sp³-hybridized carbons (Fsp3) is 0.667. The van der Waals surface area contributed by atoms with Crippen molar-refractivity contribution in [2.24, 2.45) is 0 Å². The van der Waals surface area contributed by atoms with Crippen LogP contribution in [0.25, 0.3) is 0 Å². The number of alkyl halides is 3. The fourth-order valence-electron chi connectivity index (χ4n) is 2.30. The number of amides is 1. The summed E-state index contributed by atoms with van der Waals surface area (Å²) in [5, 5.41) is 2.51. The minimum atomic E-state index is -3.07. The van der Waals surface area contributed by atoms with Gasteiger partial charge in [-0.1, -0.05) is 0 Å². The topological polar surface area (TPSA) is 51.2 Å². The van der Waals surface area contributed by atoms with Gasteiger partial charge in [-0.25, -0.2) is 0 Å². The predicted molar refractivity (Wildman–Crippen MR) is 107 cm³/mol. The zero-order chi connectivity index (χ0) is 21.0. The van der Waals surface area contributed by atoms with E-state index in [9.17, 15) is 18.0 Å². The molecule has 0 fully saturated rings. The molecule has 1 rings (SSSR count). The number of pyridine rings is 1. The van der Waals surface area contributed by atoms with Gasteiger partial charge in [0.15, 0.2) is 0 Å². The SMILES string of the molecule is CC(C)[AsH]c1c[c]([Sn]([CH3])([CH3])[CH3])ncc1C(=O)NC[C@@H](F)C(C)(C)OC(F)F. The van der Waals surface area contributed by atoms with Crippen LogP contribution >= 0.6 is 0 Å². The van der Waals surface area contributed by atoms with Gasteiger partial charge in [-0.05, 0) is 0 Å². The number of carbonyl (C=O) groups excluding carboxylic acids is 1. The number of aromatic nitrogens is 1. The van der Waals surface area contributed by atoms with Gasteiger partial charge in [-0.2, -0.15) is 0 Å². The van der Waals surface area contributed by atoms with Crippen LogP contribution in [-0.2, 0) is 4.74 Å². The zero-order valence-corrected chi connectivity index (χ0v) is 21.9. The Morgan fingerprint density at radius 3 is 2.37 bits per heavy atom. The summed E-state index contributed by atoms with van der Waals surface area (Å²) in [5.41, 5.74) is -1.23. The molecule has 1 aromatic heterocycles. The second-order valence-electron chi connectivity index (χ2n) is 8.32. The van der Waals surface area contributed by atoms with Crippen LogP contribution < -0.4 is 13.4 Å². The third-order valence-electron chi connectivity index (χ3n) is 3.95. The molecule has 0 aliphatic heterocycles. The maximum absolute atomic E-state index is 14.3. The summed E-state index contributed by atoms with van der Waals surface area (Å²) in [4.78, 5) is 23.9. The summed E-state index contributed by atoms with van der Waals surface area (Å²) in [6.45, 7) is 3.23. The van der Waals surface area contributed by atoms with Gasteiger partial charge in [-0.15, -0.1) is 0 Å². The van der Waals surface area contributed by atoms with Gasteiger partial charge in [-0.3, -0.25) is 0 Å². The van der Waals surface area contributed by atoms with Crippen molar-refractivity contribution in [3.8, 4) is 0 Å². The Hall–Kier alpha value is -0.273. The molecule has 0 radical (unpaired) electrons.